The van der Waals surface area contributed by atoms with Gasteiger partial charge in [-0.3, -0.25) is 4.79 Å². The number of carboxylic acids is 1. The maximum Gasteiger partial charge on any atom is 0.317 e. The van der Waals surface area contributed by atoms with Crippen LogP contribution in [-0.4, -0.2) is 54.9 Å². The minimum Gasteiger partial charge on any atom is -0.481 e. The van der Waals surface area contributed by atoms with Crippen LogP contribution in [0.5, 0.6) is 0 Å². The van der Waals surface area contributed by atoms with Gasteiger partial charge < -0.3 is 20.1 Å². The molecule has 1 fully saturated rings. The lowest BCUT2D eigenvalue weighted by atomic mass is 9.92. The van der Waals surface area contributed by atoms with Crippen molar-refractivity contribution in [3.63, 3.8) is 0 Å². The number of piperidine rings is 1. The van der Waals surface area contributed by atoms with Crippen molar-refractivity contribution in [3.8, 4) is 0 Å². The lowest BCUT2D eigenvalue weighted by Gasteiger charge is -2.31. The molecule has 2 N–H and O–H groups in total. The number of carboxylic acid groups (broad SMARTS) is 1. The number of ether oxygens (including phenoxy) is 1. The third-order valence-corrected chi connectivity index (χ3v) is 3.61. The zero-order chi connectivity index (χ0) is 14.8. The Labute approximate surface area is 120 Å². The van der Waals surface area contributed by atoms with Crippen LogP contribution in [0.1, 0.15) is 39.0 Å². The third-order valence-electron chi connectivity index (χ3n) is 3.61. The van der Waals surface area contributed by atoms with Gasteiger partial charge in [-0.05, 0) is 38.5 Å². The lowest BCUT2D eigenvalue weighted by molar-refractivity contribution is -0.137. The van der Waals surface area contributed by atoms with Gasteiger partial charge >= 0.3 is 12.0 Å². The first-order valence-electron chi connectivity index (χ1n) is 7.45. The van der Waals surface area contributed by atoms with E-state index in [4.69, 9.17) is 9.84 Å². The molecule has 2 amide bonds. The maximum atomic E-state index is 11.9. The van der Waals surface area contributed by atoms with E-state index in [1.54, 1.807) is 0 Å². The Morgan fingerprint density at radius 2 is 2.05 bits per heavy atom. The van der Waals surface area contributed by atoms with Gasteiger partial charge in [0.15, 0.2) is 0 Å². The van der Waals surface area contributed by atoms with E-state index < -0.39 is 5.97 Å². The molecule has 1 aliphatic rings. The van der Waals surface area contributed by atoms with Crippen molar-refractivity contribution in [1.29, 1.82) is 0 Å². The summed E-state index contributed by atoms with van der Waals surface area (Å²) in [5.41, 5.74) is 0. The van der Waals surface area contributed by atoms with Crippen molar-refractivity contribution in [2.24, 2.45) is 5.92 Å². The normalized spacial score (nSPS) is 16.1. The molecule has 0 unspecified atom stereocenters. The van der Waals surface area contributed by atoms with Crippen LogP contribution in [0.4, 0.5) is 4.79 Å². The highest BCUT2D eigenvalue weighted by molar-refractivity contribution is 5.74. The largest absolute Gasteiger partial charge is 0.481 e. The SMILES string of the molecule is CCOCCCNC(=O)N1CCC(CCC(=O)O)CC1. The average molecular weight is 286 g/mol. The van der Waals surface area contributed by atoms with Crippen molar-refractivity contribution in [1.82, 2.24) is 10.2 Å². The van der Waals surface area contributed by atoms with Crippen LogP contribution in [0.15, 0.2) is 0 Å². The number of aliphatic carboxylic acids is 1. The lowest BCUT2D eigenvalue weighted by Crippen LogP contribution is -2.44. The predicted molar refractivity (Wildman–Crippen MR) is 75.7 cm³/mol. The van der Waals surface area contributed by atoms with Gasteiger partial charge in [-0.1, -0.05) is 0 Å². The second kappa shape index (κ2) is 9.58. The van der Waals surface area contributed by atoms with E-state index in [2.05, 4.69) is 5.32 Å². The molecule has 1 aliphatic heterocycles. The Balaban J connectivity index is 2.11. The van der Waals surface area contributed by atoms with Gasteiger partial charge in [0.2, 0.25) is 0 Å². The fourth-order valence-electron chi connectivity index (χ4n) is 2.38. The van der Waals surface area contributed by atoms with Crippen LogP contribution < -0.4 is 5.32 Å². The van der Waals surface area contributed by atoms with Crippen molar-refractivity contribution in [3.05, 3.63) is 0 Å². The third kappa shape index (κ3) is 6.75. The first kappa shape index (κ1) is 16.8. The second-order valence-electron chi connectivity index (χ2n) is 5.15. The van der Waals surface area contributed by atoms with Crippen LogP contribution in [-0.2, 0) is 9.53 Å². The first-order chi connectivity index (χ1) is 9.63. The highest BCUT2D eigenvalue weighted by atomic mass is 16.5. The van der Waals surface area contributed by atoms with Crippen LogP contribution in [0.25, 0.3) is 0 Å². The number of hydrogen-bond acceptors (Lipinski definition) is 3. The first-order valence-corrected chi connectivity index (χ1v) is 7.45. The number of nitrogens with one attached hydrogen (secondary N) is 1. The predicted octanol–water partition coefficient (Wildman–Crippen LogP) is 1.70. The topological polar surface area (TPSA) is 78.9 Å². The number of amides is 2. The van der Waals surface area contributed by atoms with Crippen molar-refractivity contribution in [2.45, 2.75) is 39.0 Å². The molecule has 0 aromatic carbocycles. The number of carbonyl (C=O) groups is 2. The van der Waals surface area contributed by atoms with Crippen LogP contribution in [0, 0.1) is 5.92 Å². The van der Waals surface area contributed by atoms with Gasteiger partial charge in [-0.15, -0.1) is 0 Å². The van der Waals surface area contributed by atoms with E-state index in [0.29, 0.717) is 25.7 Å². The molecule has 0 aromatic rings. The summed E-state index contributed by atoms with van der Waals surface area (Å²) < 4.78 is 5.21. The van der Waals surface area contributed by atoms with Crippen LogP contribution in [0.3, 0.4) is 0 Å². The Morgan fingerprint density at radius 1 is 1.35 bits per heavy atom. The average Bonchev–Trinajstić information content (AvgIpc) is 2.45. The molecule has 0 saturated carbocycles. The summed E-state index contributed by atoms with van der Waals surface area (Å²) in [4.78, 5) is 24.2. The van der Waals surface area contributed by atoms with Gasteiger partial charge in [-0.25, -0.2) is 4.79 Å². The fourth-order valence-corrected chi connectivity index (χ4v) is 2.38. The second-order valence-corrected chi connectivity index (χ2v) is 5.15. The fraction of sp³-hybridized carbons (Fsp3) is 0.857. The molecule has 0 atom stereocenters. The molecule has 20 heavy (non-hydrogen) atoms. The van der Waals surface area contributed by atoms with E-state index >= 15 is 0 Å². The summed E-state index contributed by atoms with van der Waals surface area (Å²) in [5.74, 6) is -0.299. The number of carbonyl (C=O) groups excluding carboxylic acids is 1. The zero-order valence-corrected chi connectivity index (χ0v) is 12.3. The van der Waals surface area contributed by atoms with Crippen molar-refractivity contribution in [2.75, 3.05) is 32.8 Å². The molecular weight excluding hydrogens is 260 g/mol. The Kier molecular flexibility index (Phi) is 8.02. The van der Waals surface area contributed by atoms with E-state index in [1.807, 2.05) is 11.8 Å². The molecule has 0 spiro atoms. The molecule has 0 aromatic heterocycles. The summed E-state index contributed by atoms with van der Waals surface area (Å²) in [7, 11) is 0. The molecule has 1 rings (SSSR count). The van der Waals surface area contributed by atoms with Gasteiger partial charge in [0.1, 0.15) is 0 Å². The number of urea groups is 1. The summed E-state index contributed by atoms with van der Waals surface area (Å²) >= 11 is 0. The molecule has 0 aliphatic carbocycles. The Hall–Kier alpha value is -1.30. The molecule has 116 valence electrons. The smallest absolute Gasteiger partial charge is 0.317 e. The minimum absolute atomic E-state index is 0.0156. The number of hydrogen-bond donors (Lipinski definition) is 2. The Bertz CT molecular complexity index is 302. The molecule has 6 nitrogen and oxygen atoms in total. The summed E-state index contributed by atoms with van der Waals surface area (Å²) in [6.45, 7) is 5.42. The van der Waals surface area contributed by atoms with E-state index in [1.165, 1.54) is 0 Å². The number of nitrogens with zero attached hydrogens (tertiary/aromatic N) is 1. The highest BCUT2D eigenvalue weighted by Gasteiger charge is 2.22. The van der Waals surface area contributed by atoms with E-state index in [-0.39, 0.29) is 12.5 Å². The highest BCUT2D eigenvalue weighted by Crippen LogP contribution is 2.21. The van der Waals surface area contributed by atoms with E-state index in [0.717, 1.165) is 38.8 Å². The zero-order valence-electron chi connectivity index (χ0n) is 12.3. The standard InChI is InChI=1S/C14H26N2O4/c1-2-20-11-3-8-15-14(19)16-9-6-12(7-10-16)4-5-13(17)18/h12H,2-11H2,1H3,(H,15,19)(H,17,18). The van der Waals surface area contributed by atoms with E-state index in [9.17, 15) is 9.59 Å². The van der Waals surface area contributed by atoms with Crippen molar-refractivity contribution >= 4 is 12.0 Å². The summed E-state index contributed by atoms with van der Waals surface area (Å²) in [5, 5.41) is 11.5. The quantitative estimate of drug-likeness (QED) is 0.666. The van der Waals surface area contributed by atoms with Gasteiger partial charge in [0, 0.05) is 39.3 Å². The summed E-state index contributed by atoms with van der Waals surface area (Å²) in [6, 6.07) is -0.0156. The minimum atomic E-state index is -0.737. The number of rotatable bonds is 8. The van der Waals surface area contributed by atoms with Crippen LogP contribution >= 0.6 is 0 Å². The van der Waals surface area contributed by atoms with Gasteiger partial charge in [-0.2, -0.15) is 0 Å². The van der Waals surface area contributed by atoms with Crippen molar-refractivity contribution < 1.29 is 19.4 Å². The molecule has 0 bridgehead atoms. The van der Waals surface area contributed by atoms with Gasteiger partial charge in [0.25, 0.3) is 0 Å². The molecule has 1 saturated heterocycles. The molecule has 6 heteroatoms. The van der Waals surface area contributed by atoms with Crippen LogP contribution in [0.2, 0.25) is 0 Å². The molecule has 1 heterocycles. The number of likely N-dealkylation sites (tertiary alicyclic amines) is 1. The summed E-state index contributed by atoms with van der Waals surface area (Å²) in [6.07, 6.45) is 3.58. The molecule has 0 radical (unpaired) electrons. The maximum absolute atomic E-state index is 11.9. The van der Waals surface area contributed by atoms with Gasteiger partial charge in [0.05, 0.1) is 0 Å². The monoisotopic (exact) mass is 286 g/mol. The molecular formula is C14H26N2O4. The Morgan fingerprint density at radius 3 is 2.65 bits per heavy atom.